The quantitative estimate of drug-likeness (QED) is 0.405. The number of alkyl halides is 3. The van der Waals surface area contributed by atoms with Crippen LogP contribution in [0.5, 0.6) is 0 Å². The van der Waals surface area contributed by atoms with Crippen LogP contribution in [0.3, 0.4) is 0 Å². The number of rotatable bonds is 9. The molecule has 0 aromatic rings. The Labute approximate surface area is 96.1 Å². The molecule has 16 heavy (non-hydrogen) atoms. The summed E-state index contributed by atoms with van der Waals surface area (Å²) in [7, 11) is 0. The molecule has 0 saturated heterocycles. The second kappa shape index (κ2) is 9.67. The van der Waals surface area contributed by atoms with E-state index >= 15 is 0 Å². The van der Waals surface area contributed by atoms with E-state index in [1.807, 2.05) is 0 Å². The molecule has 0 spiro atoms. The first-order chi connectivity index (χ1) is 7.56. The molecule has 0 heterocycles. The minimum Gasteiger partial charge on any atom is -0.288 e. The van der Waals surface area contributed by atoms with Crippen LogP contribution >= 0.6 is 0 Å². The lowest BCUT2D eigenvalue weighted by Crippen LogP contribution is -2.08. The molecule has 0 unspecified atom stereocenters. The van der Waals surface area contributed by atoms with Gasteiger partial charge in [0.15, 0.2) is 0 Å². The van der Waals surface area contributed by atoms with Crippen molar-refractivity contribution >= 4 is 6.21 Å². The predicted molar refractivity (Wildman–Crippen MR) is 62.0 cm³/mol. The normalized spacial score (nSPS) is 12.5. The van der Waals surface area contributed by atoms with E-state index < -0.39 is 6.18 Å². The third-order valence-corrected chi connectivity index (χ3v) is 2.38. The fraction of sp³-hybridized carbons (Fsp3) is 0.917. The maximum Gasteiger partial charge on any atom is 0.426 e. The van der Waals surface area contributed by atoms with E-state index in [0.717, 1.165) is 19.3 Å². The Morgan fingerprint density at radius 2 is 1.38 bits per heavy atom. The number of aliphatic imine (C=N–C) groups is 1. The van der Waals surface area contributed by atoms with Crippen molar-refractivity contribution in [3.8, 4) is 0 Å². The van der Waals surface area contributed by atoms with E-state index in [4.69, 9.17) is 0 Å². The average Bonchev–Trinajstić information content (AvgIpc) is 2.19. The van der Waals surface area contributed by atoms with E-state index in [2.05, 4.69) is 11.9 Å². The fourth-order valence-electron chi connectivity index (χ4n) is 1.51. The van der Waals surface area contributed by atoms with Crippen LogP contribution in [-0.4, -0.2) is 18.9 Å². The lowest BCUT2D eigenvalue weighted by molar-refractivity contribution is -0.0537. The number of nitrogens with zero attached hydrogens (tertiary/aromatic N) is 1. The van der Waals surface area contributed by atoms with Gasteiger partial charge in [-0.2, -0.15) is 13.2 Å². The molecule has 4 heteroatoms. The van der Waals surface area contributed by atoms with Gasteiger partial charge in [0, 0.05) is 6.54 Å². The Morgan fingerprint density at radius 1 is 0.875 bits per heavy atom. The van der Waals surface area contributed by atoms with Gasteiger partial charge in [0.2, 0.25) is 0 Å². The van der Waals surface area contributed by atoms with Crippen LogP contribution in [0.15, 0.2) is 4.99 Å². The first kappa shape index (κ1) is 15.5. The Kier molecular flexibility index (Phi) is 9.34. The van der Waals surface area contributed by atoms with Crippen molar-refractivity contribution in [2.75, 3.05) is 6.54 Å². The van der Waals surface area contributed by atoms with Crippen LogP contribution in [0.25, 0.3) is 0 Å². The molecule has 0 radical (unpaired) electrons. The molecule has 0 bridgehead atoms. The van der Waals surface area contributed by atoms with Crippen molar-refractivity contribution < 1.29 is 13.2 Å². The Balaban J connectivity index is 3.13. The minimum atomic E-state index is -4.25. The third kappa shape index (κ3) is 13.5. The summed E-state index contributed by atoms with van der Waals surface area (Å²) in [6, 6.07) is 0. The van der Waals surface area contributed by atoms with E-state index in [9.17, 15) is 13.2 Å². The van der Waals surface area contributed by atoms with Crippen LogP contribution < -0.4 is 0 Å². The summed E-state index contributed by atoms with van der Waals surface area (Å²) in [6.45, 7) is 2.48. The van der Waals surface area contributed by atoms with Gasteiger partial charge in [-0.1, -0.05) is 51.9 Å². The van der Waals surface area contributed by atoms with E-state index in [0.29, 0.717) is 6.54 Å². The minimum absolute atomic E-state index is 0.0915. The monoisotopic (exact) mass is 237 g/mol. The molecule has 0 N–H and O–H groups in total. The van der Waals surface area contributed by atoms with Gasteiger partial charge in [0.1, 0.15) is 6.21 Å². The summed E-state index contributed by atoms with van der Waals surface area (Å²) in [5, 5.41) is 0. The van der Waals surface area contributed by atoms with Crippen molar-refractivity contribution in [1.82, 2.24) is 0 Å². The topological polar surface area (TPSA) is 12.4 Å². The van der Waals surface area contributed by atoms with E-state index in [-0.39, 0.29) is 6.21 Å². The number of unbranched alkanes of at least 4 members (excludes halogenated alkanes) is 7. The highest BCUT2D eigenvalue weighted by Crippen LogP contribution is 2.11. The van der Waals surface area contributed by atoms with Crippen LogP contribution in [0.2, 0.25) is 0 Å². The highest BCUT2D eigenvalue weighted by atomic mass is 19.4. The van der Waals surface area contributed by atoms with Crippen molar-refractivity contribution in [1.29, 1.82) is 0 Å². The second-order valence-corrected chi connectivity index (χ2v) is 4.05. The average molecular weight is 237 g/mol. The summed E-state index contributed by atoms with van der Waals surface area (Å²) in [5.74, 6) is 0. The first-order valence-electron chi connectivity index (χ1n) is 6.14. The molecule has 0 fully saturated rings. The van der Waals surface area contributed by atoms with E-state index in [1.165, 1.54) is 32.1 Å². The number of hydrogen-bond donors (Lipinski definition) is 0. The molecule has 1 nitrogen and oxygen atoms in total. The Bertz CT molecular complexity index is 176. The van der Waals surface area contributed by atoms with Crippen molar-refractivity contribution in [2.24, 2.45) is 4.99 Å². The molecule has 0 aliphatic carbocycles. The summed E-state index contributed by atoms with van der Waals surface area (Å²) < 4.78 is 35.0. The van der Waals surface area contributed by atoms with Gasteiger partial charge in [0.25, 0.3) is 0 Å². The lowest BCUT2D eigenvalue weighted by Gasteiger charge is -2.00. The van der Waals surface area contributed by atoms with Gasteiger partial charge < -0.3 is 0 Å². The van der Waals surface area contributed by atoms with Crippen LogP contribution in [0.4, 0.5) is 13.2 Å². The van der Waals surface area contributed by atoms with Crippen molar-refractivity contribution in [2.45, 2.75) is 64.5 Å². The molecule has 0 amide bonds. The number of halogens is 3. The summed E-state index contributed by atoms with van der Waals surface area (Å²) in [5.41, 5.74) is 0. The lowest BCUT2D eigenvalue weighted by atomic mass is 10.1. The Morgan fingerprint density at radius 3 is 1.88 bits per heavy atom. The van der Waals surface area contributed by atoms with Crippen LogP contribution in [0.1, 0.15) is 58.3 Å². The zero-order valence-electron chi connectivity index (χ0n) is 10.0. The molecule has 0 aliphatic rings. The van der Waals surface area contributed by atoms with Gasteiger partial charge >= 0.3 is 6.18 Å². The molecule has 0 aromatic heterocycles. The summed E-state index contributed by atoms with van der Waals surface area (Å²) >= 11 is 0. The highest BCUT2D eigenvalue weighted by molar-refractivity contribution is 5.63. The van der Waals surface area contributed by atoms with Gasteiger partial charge in [-0.05, 0) is 6.42 Å². The highest BCUT2D eigenvalue weighted by Gasteiger charge is 2.22. The molecule has 0 rings (SSSR count). The maximum atomic E-state index is 11.7. The van der Waals surface area contributed by atoms with Gasteiger partial charge in [0.05, 0.1) is 0 Å². The molecule has 96 valence electrons. The molecular formula is C12H22F3N. The maximum absolute atomic E-state index is 11.7. The van der Waals surface area contributed by atoms with Gasteiger partial charge in [-0.3, -0.25) is 4.99 Å². The number of hydrogen-bond acceptors (Lipinski definition) is 1. The molecule has 0 aromatic carbocycles. The fourth-order valence-corrected chi connectivity index (χ4v) is 1.51. The van der Waals surface area contributed by atoms with Gasteiger partial charge in [-0.25, -0.2) is 0 Å². The molecule has 0 aliphatic heterocycles. The summed E-state index contributed by atoms with van der Waals surface area (Å²) in [4.78, 5) is 3.34. The van der Waals surface area contributed by atoms with Crippen molar-refractivity contribution in [3.63, 3.8) is 0 Å². The van der Waals surface area contributed by atoms with Crippen LogP contribution in [0, 0.1) is 0 Å². The van der Waals surface area contributed by atoms with E-state index in [1.54, 1.807) is 0 Å². The van der Waals surface area contributed by atoms with Crippen LogP contribution in [-0.2, 0) is 0 Å². The largest absolute Gasteiger partial charge is 0.426 e. The molecule has 0 saturated carbocycles. The first-order valence-corrected chi connectivity index (χ1v) is 6.14. The zero-order valence-corrected chi connectivity index (χ0v) is 10.0. The smallest absolute Gasteiger partial charge is 0.288 e. The zero-order chi connectivity index (χ0) is 12.3. The Hall–Kier alpha value is -0.540. The van der Waals surface area contributed by atoms with Crippen molar-refractivity contribution in [3.05, 3.63) is 0 Å². The molecule has 0 atom stereocenters. The molecular weight excluding hydrogens is 215 g/mol. The third-order valence-electron chi connectivity index (χ3n) is 2.38. The standard InChI is InChI=1S/C12H22F3N/c1-2-3-4-5-6-7-8-9-10-16-11-12(13,14)15/h11H,2-10H2,1H3. The summed E-state index contributed by atoms with van der Waals surface area (Å²) in [6.07, 6.45) is 4.97. The predicted octanol–water partition coefficient (Wildman–Crippen LogP) is 4.76. The van der Waals surface area contributed by atoms with Gasteiger partial charge in [-0.15, -0.1) is 0 Å². The second-order valence-electron chi connectivity index (χ2n) is 4.05. The SMILES string of the molecule is CCCCCCCCCCN=CC(F)(F)F.